The van der Waals surface area contributed by atoms with Crippen molar-refractivity contribution in [2.75, 3.05) is 12.4 Å². The highest BCUT2D eigenvalue weighted by atomic mass is 79.9. The predicted molar refractivity (Wildman–Crippen MR) is 96.3 cm³/mol. The SMILES string of the molecule is CNc1ccc(Br)cc1-c1nc2ccccc2n(CC(=O)O)c1=O. The van der Waals surface area contributed by atoms with E-state index < -0.39 is 18.1 Å². The lowest BCUT2D eigenvalue weighted by Crippen LogP contribution is -2.27. The van der Waals surface area contributed by atoms with E-state index in [1.165, 1.54) is 4.57 Å². The second kappa shape index (κ2) is 6.45. The molecule has 7 heteroatoms. The Balaban J connectivity index is 2.38. The van der Waals surface area contributed by atoms with Gasteiger partial charge in [-0.3, -0.25) is 14.2 Å². The average molecular weight is 388 g/mol. The van der Waals surface area contributed by atoms with Gasteiger partial charge in [0.25, 0.3) is 5.56 Å². The zero-order chi connectivity index (χ0) is 17.3. The molecule has 122 valence electrons. The van der Waals surface area contributed by atoms with E-state index >= 15 is 0 Å². The van der Waals surface area contributed by atoms with E-state index in [-0.39, 0.29) is 5.69 Å². The summed E-state index contributed by atoms with van der Waals surface area (Å²) in [5.41, 5.74) is 2.18. The van der Waals surface area contributed by atoms with E-state index in [9.17, 15) is 9.59 Å². The number of para-hydroxylation sites is 2. The maximum atomic E-state index is 12.9. The summed E-state index contributed by atoms with van der Waals surface area (Å²) in [6.45, 7) is -0.419. The lowest BCUT2D eigenvalue weighted by atomic mass is 10.1. The van der Waals surface area contributed by atoms with Gasteiger partial charge in [-0.05, 0) is 30.3 Å². The van der Waals surface area contributed by atoms with E-state index in [0.717, 1.165) is 10.2 Å². The molecule has 0 aliphatic carbocycles. The van der Waals surface area contributed by atoms with Crippen LogP contribution in [0.3, 0.4) is 0 Å². The van der Waals surface area contributed by atoms with Crippen molar-refractivity contribution in [3.63, 3.8) is 0 Å². The summed E-state index contributed by atoms with van der Waals surface area (Å²) < 4.78 is 2.04. The third-order valence-electron chi connectivity index (χ3n) is 3.65. The number of halogens is 1. The number of rotatable bonds is 4. The number of hydrogen-bond acceptors (Lipinski definition) is 4. The van der Waals surface area contributed by atoms with Crippen molar-refractivity contribution in [1.82, 2.24) is 9.55 Å². The first kappa shape index (κ1) is 16.2. The topological polar surface area (TPSA) is 84.2 Å². The quantitative estimate of drug-likeness (QED) is 0.718. The number of carboxylic acid groups (broad SMARTS) is 1. The molecule has 0 radical (unpaired) electrons. The van der Waals surface area contributed by atoms with Crippen LogP contribution < -0.4 is 10.9 Å². The van der Waals surface area contributed by atoms with Crippen molar-refractivity contribution in [1.29, 1.82) is 0 Å². The van der Waals surface area contributed by atoms with Gasteiger partial charge >= 0.3 is 5.97 Å². The fourth-order valence-electron chi connectivity index (χ4n) is 2.59. The third kappa shape index (κ3) is 2.90. The van der Waals surface area contributed by atoms with Gasteiger partial charge in [0.2, 0.25) is 0 Å². The number of benzene rings is 2. The normalized spacial score (nSPS) is 10.8. The predicted octanol–water partition coefficient (Wildman–Crippen LogP) is 2.95. The van der Waals surface area contributed by atoms with Crippen molar-refractivity contribution < 1.29 is 9.90 Å². The molecule has 0 aliphatic rings. The van der Waals surface area contributed by atoms with Crippen LogP contribution in [0.25, 0.3) is 22.3 Å². The molecule has 0 spiro atoms. The second-order valence-corrected chi connectivity index (χ2v) is 6.09. The van der Waals surface area contributed by atoms with Gasteiger partial charge in [0.15, 0.2) is 0 Å². The monoisotopic (exact) mass is 387 g/mol. The van der Waals surface area contributed by atoms with Gasteiger partial charge in [-0.15, -0.1) is 0 Å². The number of aromatic nitrogens is 2. The minimum Gasteiger partial charge on any atom is -0.480 e. The zero-order valence-electron chi connectivity index (χ0n) is 12.8. The molecule has 1 heterocycles. The van der Waals surface area contributed by atoms with Crippen molar-refractivity contribution in [2.45, 2.75) is 6.54 Å². The first-order chi connectivity index (χ1) is 11.5. The van der Waals surface area contributed by atoms with E-state index in [4.69, 9.17) is 5.11 Å². The Kier molecular flexibility index (Phi) is 4.35. The number of fused-ring (bicyclic) bond motifs is 1. The Bertz CT molecular complexity index is 998. The lowest BCUT2D eigenvalue weighted by Gasteiger charge is -2.13. The highest BCUT2D eigenvalue weighted by Gasteiger charge is 2.17. The number of nitrogens with one attached hydrogen (secondary N) is 1. The zero-order valence-corrected chi connectivity index (χ0v) is 14.4. The van der Waals surface area contributed by atoms with Crippen molar-refractivity contribution in [3.8, 4) is 11.3 Å². The maximum absolute atomic E-state index is 12.9. The molecule has 0 amide bonds. The van der Waals surface area contributed by atoms with Crippen LogP contribution in [0.2, 0.25) is 0 Å². The Labute approximate surface area is 145 Å². The average Bonchev–Trinajstić information content (AvgIpc) is 2.57. The Morgan fingerprint density at radius 3 is 2.75 bits per heavy atom. The maximum Gasteiger partial charge on any atom is 0.323 e. The molecule has 2 aromatic carbocycles. The van der Waals surface area contributed by atoms with Gasteiger partial charge in [0.05, 0.1) is 11.0 Å². The van der Waals surface area contributed by atoms with E-state index in [1.807, 2.05) is 12.1 Å². The fraction of sp³-hybridized carbons (Fsp3) is 0.118. The lowest BCUT2D eigenvalue weighted by molar-refractivity contribution is -0.137. The molecule has 3 aromatic rings. The molecular formula is C17H14BrN3O3. The van der Waals surface area contributed by atoms with Crippen molar-refractivity contribution in [2.24, 2.45) is 0 Å². The fourth-order valence-corrected chi connectivity index (χ4v) is 2.95. The van der Waals surface area contributed by atoms with Crippen LogP contribution in [0.1, 0.15) is 0 Å². The molecule has 0 fully saturated rings. The summed E-state index contributed by atoms with van der Waals surface area (Å²) in [6.07, 6.45) is 0. The van der Waals surface area contributed by atoms with Gasteiger partial charge in [-0.1, -0.05) is 28.1 Å². The molecule has 0 saturated carbocycles. The van der Waals surface area contributed by atoms with E-state index in [1.54, 1.807) is 37.4 Å². The molecule has 3 rings (SSSR count). The largest absolute Gasteiger partial charge is 0.480 e. The standard InChI is InChI=1S/C17H14BrN3O3/c1-19-12-7-6-10(18)8-11(12)16-17(24)21(9-15(22)23)14-5-3-2-4-13(14)20-16/h2-8,19H,9H2,1H3,(H,22,23). The molecule has 0 saturated heterocycles. The molecule has 0 unspecified atom stereocenters. The van der Waals surface area contributed by atoms with Gasteiger partial charge in [-0.2, -0.15) is 0 Å². The number of aliphatic carboxylic acids is 1. The first-order valence-electron chi connectivity index (χ1n) is 7.20. The first-order valence-corrected chi connectivity index (χ1v) is 7.99. The van der Waals surface area contributed by atoms with Crippen LogP contribution in [0, 0.1) is 0 Å². The van der Waals surface area contributed by atoms with Gasteiger partial charge in [-0.25, -0.2) is 4.98 Å². The molecule has 1 aromatic heterocycles. The number of hydrogen-bond donors (Lipinski definition) is 2. The van der Waals surface area contributed by atoms with Gasteiger partial charge in [0.1, 0.15) is 12.2 Å². The van der Waals surface area contributed by atoms with E-state index in [2.05, 4.69) is 26.2 Å². The van der Waals surface area contributed by atoms with Crippen LogP contribution >= 0.6 is 15.9 Å². The van der Waals surface area contributed by atoms with Gasteiger partial charge in [0, 0.05) is 22.8 Å². The summed E-state index contributed by atoms with van der Waals surface area (Å²) in [6, 6.07) is 12.5. The minimum absolute atomic E-state index is 0.209. The molecule has 24 heavy (non-hydrogen) atoms. The Morgan fingerprint density at radius 2 is 2.04 bits per heavy atom. The number of carbonyl (C=O) groups is 1. The molecule has 0 aliphatic heterocycles. The highest BCUT2D eigenvalue weighted by molar-refractivity contribution is 9.10. The summed E-state index contributed by atoms with van der Waals surface area (Å²) in [7, 11) is 1.75. The Morgan fingerprint density at radius 1 is 1.29 bits per heavy atom. The van der Waals surface area contributed by atoms with Crippen LogP contribution in [-0.2, 0) is 11.3 Å². The number of nitrogens with zero attached hydrogens (tertiary/aromatic N) is 2. The molecule has 2 N–H and O–H groups in total. The van der Waals surface area contributed by atoms with Crippen molar-refractivity contribution in [3.05, 3.63) is 57.3 Å². The van der Waals surface area contributed by atoms with Gasteiger partial charge < -0.3 is 10.4 Å². The molecule has 0 atom stereocenters. The summed E-state index contributed by atoms with van der Waals surface area (Å²) in [5, 5.41) is 12.2. The molecule has 6 nitrogen and oxygen atoms in total. The number of anilines is 1. The van der Waals surface area contributed by atoms with Crippen molar-refractivity contribution >= 4 is 38.6 Å². The molecular weight excluding hydrogens is 374 g/mol. The van der Waals surface area contributed by atoms with Crippen LogP contribution in [0.5, 0.6) is 0 Å². The summed E-state index contributed by atoms with van der Waals surface area (Å²) in [4.78, 5) is 28.6. The van der Waals surface area contributed by atoms with E-state index in [0.29, 0.717) is 16.6 Å². The second-order valence-electron chi connectivity index (χ2n) is 5.17. The van der Waals surface area contributed by atoms with Crippen LogP contribution in [0.15, 0.2) is 51.7 Å². The highest BCUT2D eigenvalue weighted by Crippen LogP contribution is 2.28. The smallest absolute Gasteiger partial charge is 0.323 e. The molecule has 0 bridgehead atoms. The summed E-state index contributed by atoms with van der Waals surface area (Å²) >= 11 is 3.40. The Hall–Kier alpha value is -2.67. The summed E-state index contributed by atoms with van der Waals surface area (Å²) in [5.74, 6) is -1.08. The van der Waals surface area contributed by atoms with Crippen LogP contribution in [-0.4, -0.2) is 27.7 Å². The number of carboxylic acids is 1. The third-order valence-corrected chi connectivity index (χ3v) is 4.15. The minimum atomic E-state index is -1.08. The van der Waals surface area contributed by atoms with Crippen LogP contribution in [0.4, 0.5) is 5.69 Å².